The van der Waals surface area contributed by atoms with E-state index in [1.54, 1.807) is 0 Å². The van der Waals surface area contributed by atoms with Crippen molar-refractivity contribution in [2.45, 2.75) is 13.1 Å². The van der Waals surface area contributed by atoms with Crippen molar-refractivity contribution < 1.29 is 5.11 Å². The molecule has 0 rings (SSSR count). The van der Waals surface area contributed by atoms with Crippen molar-refractivity contribution in [3.05, 3.63) is 0 Å². The first-order valence-corrected chi connectivity index (χ1v) is 2.82. The van der Waals surface area contributed by atoms with Gasteiger partial charge in [0.1, 0.15) is 0 Å². The summed E-state index contributed by atoms with van der Waals surface area (Å²) >= 11 is 0. The van der Waals surface area contributed by atoms with Crippen LogP contribution < -0.4 is 21.9 Å². The topological polar surface area (TPSA) is 82.3 Å². The highest BCUT2D eigenvalue weighted by Crippen LogP contribution is 1.67. The van der Waals surface area contributed by atoms with Crippen LogP contribution >= 0.6 is 0 Å². The van der Waals surface area contributed by atoms with Gasteiger partial charge in [0.25, 0.3) is 0 Å². The Labute approximate surface area is 54.6 Å². The molecule has 0 spiro atoms. The van der Waals surface area contributed by atoms with Gasteiger partial charge in [-0.25, -0.2) is 5.43 Å². The zero-order valence-electron chi connectivity index (χ0n) is 5.52. The number of nitrogens with one attached hydrogen (secondary N) is 3. The van der Waals surface area contributed by atoms with E-state index in [0.29, 0.717) is 6.67 Å². The van der Waals surface area contributed by atoms with Crippen LogP contribution in [0.5, 0.6) is 0 Å². The molecule has 56 valence electrons. The largest absolute Gasteiger partial charge is 0.381 e. The lowest BCUT2D eigenvalue weighted by Crippen LogP contribution is -2.45. The van der Waals surface area contributed by atoms with Gasteiger partial charge in [0, 0.05) is 0 Å². The highest BCUT2D eigenvalue weighted by molar-refractivity contribution is 4.51. The third-order valence-electron chi connectivity index (χ3n) is 0.908. The van der Waals surface area contributed by atoms with Gasteiger partial charge < -0.3 is 5.11 Å². The quantitative estimate of drug-likeness (QED) is 0.169. The molecule has 9 heavy (non-hydrogen) atoms. The molecular weight excluding hydrogens is 120 g/mol. The van der Waals surface area contributed by atoms with Crippen LogP contribution in [0.4, 0.5) is 0 Å². The first kappa shape index (κ1) is 8.80. The summed E-state index contributed by atoms with van der Waals surface area (Å²) in [5.41, 5.74) is 2.42. The van der Waals surface area contributed by atoms with Crippen molar-refractivity contribution in [1.82, 2.24) is 16.1 Å². The molecule has 0 fully saturated rings. The average molecular weight is 134 g/mol. The Morgan fingerprint density at radius 1 is 1.56 bits per heavy atom. The van der Waals surface area contributed by atoms with Gasteiger partial charge >= 0.3 is 0 Å². The second-order valence-corrected chi connectivity index (χ2v) is 1.67. The molecule has 0 amide bonds. The number of hydrazine groups is 1. The normalized spacial score (nSPS) is 13.7. The average Bonchev–Trinajstić information content (AvgIpc) is 1.85. The summed E-state index contributed by atoms with van der Waals surface area (Å²) in [4.78, 5) is 0. The van der Waals surface area contributed by atoms with Crippen molar-refractivity contribution in [3.8, 4) is 0 Å². The number of rotatable bonds is 5. The maximum atomic E-state index is 8.33. The summed E-state index contributed by atoms with van der Waals surface area (Å²) in [5, 5.41) is 14.0. The third-order valence-corrected chi connectivity index (χ3v) is 0.908. The van der Waals surface area contributed by atoms with Gasteiger partial charge in [-0.2, -0.15) is 0 Å². The van der Waals surface area contributed by atoms with Gasteiger partial charge in [-0.1, -0.05) is 0 Å². The Kier molecular flexibility index (Phi) is 5.80. The molecule has 1 unspecified atom stereocenters. The van der Waals surface area contributed by atoms with Gasteiger partial charge in [-0.3, -0.25) is 16.5 Å². The second kappa shape index (κ2) is 5.93. The summed E-state index contributed by atoms with van der Waals surface area (Å²) in [5.74, 6) is 4.97. The standard InChI is InChI=1S/C4H14N4O/c1-4(7-3-9)6-2-8-5/h4,6-9H,2-3,5H2,1H3. The van der Waals surface area contributed by atoms with Crippen molar-refractivity contribution in [2.75, 3.05) is 13.4 Å². The minimum absolute atomic E-state index is 0.0290. The van der Waals surface area contributed by atoms with E-state index in [0.717, 1.165) is 0 Å². The molecule has 1 atom stereocenters. The monoisotopic (exact) mass is 134 g/mol. The van der Waals surface area contributed by atoms with Crippen molar-refractivity contribution in [2.24, 2.45) is 5.84 Å². The van der Waals surface area contributed by atoms with Crippen LogP contribution in [-0.2, 0) is 0 Å². The SMILES string of the molecule is CC(NCO)NCNN. The van der Waals surface area contributed by atoms with E-state index < -0.39 is 0 Å². The highest BCUT2D eigenvalue weighted by Gasteiger charge is 1.93. The van der Waals surface area contributed by atoms with E-state index in [4.69, 9.17) is 10.9 Å². The zero-order valence-corrected chi connectivity index (χ0v) is 5.52. The van der Waals surface area contributed by atoms with E-state index in [1.807, 2.05) is 6.92 Å². The Hall–Kier alpha value is -0.200. The van der Waals surface area contributed by atoms with E-state index in [2.05, 4.69) is 16.1 Å². The van der Waals surface area contributed by atoms with E-state index in [-0.39, 0.29) is 12.9 Å². The van der Waals surface area contributed by atoms with E-state index in [9.17, 15) is 0 Å². The van der Waals surface area contributed by atoms with Gasteiger partial charge in [0.05, 0.1) is 19.6 Å². The summed E-state index contributed by atoms with van der Waals surface area (Å²) in [7, 11) is 0. The second-order valence-electron chi connectivity index (χ2n) is 1.67. The molecule has 0 aliphatic heterocycles. The number of nitrogens with two attached hydrogens (primary N) is 1. The molecule has 0 saturated heterocycles. The minimum atomic E-state index is -0.0290. The molecule has 5 heteroatoms. The van der Waals surface area contributed by atoms with Gasteiger partial charge in [0.2, 0.25) is 0 Å². The maximum absolute atomic E-state index is 8.33. The maximum Gasteiger partial charge on any atom is 0.0943 e. The number of aliphatic hydroxyl groups excluding tert-OH is 1. The number of aliphatic hydroxyl groups is 1. The smallest absolute Gasteiger partial charge is 0.0943 e. The predicted octanol–water partition coefficient (Wildman–Crippen LogP) is -2.12. The van der Waals surface area contributed by atoms with Crippen molar-refractivity contribution >= 4 is 0 Å². The molecule has 0 aliphatic rings. The predicted molar refractivity (Wildman–Crippen MR) is 35.0 cm³/mol. The molecule has 5 nitrogen and oxygen atoms in total. The van der Waals surface area contributed by atoms with Crippen LogP contribution in [0.15, 0.2) is 0 Å². The first-order valence-electron chi connectivity index (χ1n) is 2.82. The molecule has 0 aliphatic carbocycles. The van der Waals surface area contributed by atoms with Crippen LogP contribution in [0.2, 0.25) is 0 Å². The Balaban J connectivity index is 2.95. The van der Waals surface area contributed by atoms with E-state index >= 15 is 0 Å². The number of hydrogen-bond acceptors (Lipinski definition) is 5. The van der Waals surface area contributed by atoms with Gasteiger partial charge in [-0.05, 0) is 6.92 Å². The molecule has 0 aromatic rings. The van der Waals surface area contributed by atoms with E-state index in [1.165, 1.54) is 0 Å². The summed E-state index contributed by atoms with van der Waals surface area (Å²) in [6.07, 6.45) is 0.0750. The molecular formula is C4H14N4O. The lowest BCUT2D eigenvalue weighted by atomic mass is 10.6. The fourth-order valence-electron chi connectivity index (χ4n) is 0.421. The first-order chi connectivity index (χ1) is 4.31. The molecule has 0 heterocycles. The number of hydrogen-bond donors (Lipinski definition) is 5. The van der Waals surface area contributed by atoms with Crippen LogP contribution in [0.1, 0.15) is 6.92 Å². The van der Waals surface area contributed by atoms with Gasteiger partial charge in [0.15, 0.2) is 0 Å². The highest BCUT2D eigenvalue weighted by atomic mass is 16.3. The summed E-state index contributed by atoms with van der Waals surface area (Å²) in [6, 6.07) is 0. The van der Waals surface area contributed by atoms with Crippen LogP contribution in [-0.4, -0.2) is 24.7 Å². The Morgan fingerprint density at radius 2 is 2.22 bits per heavy atom. The van der Waals surface area contributed by atoms with Crippen molar-refractivity contribution in [3.63, 3.8) is 0 Å². The Morgan fingerprint density at radius 3 is 2.67 bits per heavy atom. The fraction of sp³-hybridized carbons (Fsp3) is 1.00. The molecule has 0 radical (unpaired) electrons. The van der Waals surface area contributed by atoms with Crippen molar-refractivity contribution in [1.29, 1.82) is 0 Å². The molecule has 0 aromatic carbocycles. The fourth-order valence-corrected chi connectivity index (χ4v) is 0.421. The minimum Gasteiger partial charge on any atom is -0.381 e. The third kappa shape index (κ3) is 5.67. The molecule has 0 aromatic heterocycles. The zero-order chi connectivity index (χ0) is 7.11. The summed E-state index contributed by atoms with van der Waals surface area (Å²) < 4.78 is 0. The molecule has 0 saturated carbocycles. The lowest BCUT2D eigenvalue weighted by Gasteiger charge is -2.12. The molecule has 6 N–H and O–H groups in total. The lowest BCUT2D eigenvalue weighted by molar-refractivity contribution is 0.232. The van der Waals surface area contributed by atoms with Crippen LogP contribution in [0, 0.1) is 0 Å². The summed E-state index contributed by atoms with van der Waals surface area (Å²) in [6.45, 7) is 2.38. The van der Waals surface area contributed by atoms with Crippen LogP contribution in [0.25, 0.3) is 0 Å². The molecule has 0 bridgehead atoms. The van der Waals surface area contributed by atoms with Crippen LogP contribution in [0.3, 0.4) is 0 Å². The van der Waals surface area contributed by atoms with Gasteiger partial charge in [-0.15, -0.1) is 0 Å². The Bertz CT molecular complexity index is 60.5.